The molecule has 0 aliphatic heterocycles. The van der Waals surface area contributed by atoms with Crippen LogP contribution in [0.25, 0.3) is 22.2 Å². The second-order valence-corrected chi connectivity index (χ2v) is 6.23. The highest BCUT2D eigenvalue weighted by Gasteiger charge is 2.16. The summed E-state index contributed by atoms with van der Waals surface area (Å²) in [4.78, 5) is 0. The first-order valence-electron chi connectivity index (χ1n) is 6.87. The number of hydrogen-bond donors (Lipinski definition) is 1. The molecule has 0 atom stereocenters. The molecule has 0 bridgehead atoms. The summed E-state index contributed by atoms with van der Waals surface area (Å²) in [5, 5.41) is 11.5. The summed E-state index contributed by atoms with van der Waals surface area (Å²) in [5.74, 6) is 0. The predicted octanol–water partition coefficient (Wildman–Crippen LogP) is 4.84. The van der Waals surface area contributed by atoms with Gasteiger partial charge in [-0.05, 0) is 23.1 Å². The fourth-order valence-electron chi connectivity index (χ4n) is 2.47. The summed E-state index contributed by atoms with van der Waals surface area (Å²) in [6.07, 6.45) is 0. The first-order valence-corrected chi connectivity index (χ1v) is 6.87. The van der Waals surface area contributed by atoms with Crippen LogP contribution in [0.1, 0.15) is 26.3 Å². The average Bonchev–Trinajstić information content (AvgIpc) is 2.76. The third kappa shape index (κ3) is 2.07. The topological polar surface area (TPSA) is 25.2 Å². The molecule has 0 unspecified atom stereocenters. The van der Waals surface area contributed by atoms with Gasteiger partial charge in [0.2, 0.25) is 0 Å². The van der Waals surface area contributed by atoms with Gasteiger partial charge in [-0.1, -0.05) is 63.2 Å². The van der Waals surface area contributed by atoms with E-state index in [9.17, 15) is 5.21 Å². The summed E-state index contributed by atoms with van der Waals surface area (Å²) < 4.78 is 1.29. The molecule has 0 amide bonds. The number of fused-ring (bicyclic) bond motifs is 1. The normalized spacial score (nSPS) is 11.9. The molecule has 1 N–H and O–H groups in total. The van der Waals surface area contributed by atoms with E-state index in [1.165, 1.54) is 10.3 Å². The molecule has 20 heavy (non-hydrogen) atoms. The Morgan fingerprint density at radius 1 is 0.900 bits per heavy atom. The van der Waals surface area contributed by atoms with E-state index in [0.717, 1.165) is 22.2 Å². The van der Waals surface area contributed by atoms with Crippen molar-refractivity contribution < 1.29 is 5.21 Å². The van der Waals surface area contributed by atoms with Gasteiger partial charge in [0.05, 0.1) is 11.2 Å². The monoisotopic (exact) mass is 265 g/mol. The number of benzene rings is 2. The fourth-order valence-corrected chi connectivity index (χ4v) is 2.47. The van der Waals surface area contributed by atoms with Crippen LogP contribution in [0.3, 0.4) is 0 Å². The first kappa shape index (κ1) is 12.8. The van der Waals surface area contributed by atoms with Crippen LogP contribution >= 0.6 is 0 Å². The molecule has 2 nitrogen and oxygen atoms in total. The molecule has 1 heterocycles. The number of hydrogen-bond acceptors (Lipinski definition) is 1. The van der Waals surface area contributed by atoms with Gasteiger partial charge in [0, 0.05) is 10.9 Å². The standard InChI is InChI=1S/C18H19NO/c1-18(2,3)15-10-9-14-11-16(19(20)17(14)12-15)13-7-5-4-6-8-13/h4-12,20H,1-3H3. The molecule has 0 radical (unpaired) electrons. The van der Waals surface area contributed by atoms with Crippen molar-refractivity contribution in [3.8, 4) is 11.3 Å². The molecule has 3 rings (SSSR count). The van der Waals surface area contributed by atoms with E-state index in [0.29, 0.717) is 0 Å². The van der Waals surface area contributed by atoms with Crippen LogP contribution in [0, 0.1) is 0 Å². The van der Waals surface area contributed by atoms with E-state index in [2.05, 4.69) is 39.0 Å². The van der Waals surface area contributed by atoms with Crippen LogP contribution in [0.5, 0.6) is 0 Å². The lowest BCUT2D eigenvalue weighted by atomic mass is 9.87. The molecule has 0 spiro atoms. The zero-order chi connectivity index (χ0) is 14.3. The Bertz CT molecular complexity index is 748. The van der Waals surface area contributed by atoms with Gasteiger partial charge in [0.1, 0.15) is 0 Å². The minimum absolute atomic E-state index is 0.0748. The van der Waals surface area contributed by atoms with Crippen LogP contribution < -0.4 is 0 Å². The van der Waals surface area contributed by atoms with Gasteiger partial charge >= 0.3 is 0 Å². The Hall–Kier alpha value is -2.22. The molecule has 0 fully saturated rings. The molecule has 3 aromatic rings. The maximum absolute atomic E-state index is 10.4. The predicted molar refractivity (Wildman–Crippen MR) is 83.3 cm³/mol. The molecule has 1 aromatic heterocycles. The molecule has 0 aliphatic carbocycles. The van der Waals surface area contributed by atoms with Crippen LogP contribution in [0.4, 0.5) is 0 Å². The molecular formula is C18H19NO. The van der Waals surface area contributed by atoms with Crippen molar-refractivity contribution in [3.05, 3.63) is 60.2 Å². The van der Waals surface area contributed by atoms with Crippen molar-refractivity contribution in [3.63, 3.8) is 0 Å². The Balaban J connectivity index is 2.21. The highest BCUT2D eigenvalue weighted by Crippen LogP contribution is 2.30. The number of aromatic nitrogens is 1. The Labute approximate surface area is 119 Å². The molecule has 0 saturated heterocycles. The lowest BCUT2D eigenvalue weighted by molar-refractivity contribution is 0.204. The second-order valence-electron chi connectivity index (χ2n) is 6.23. The summed E-state index contributed by atoms with van der Waals surface area (Å²) in [6.45, 7) is 6.53. The van der Waals surface area contributed by atoms with Crippen molar-refractivity contribution in [2.24, 2.45) is 0 Å². The minimum atomic E-state index is 0.0748. The number of rotatable bonds is 1. The lowest BCUT2D eigenvalue weighted by Gasteiger charge is -2.19. The van der Waals surface area contributed by atoms with Crippen molar-refractivity contribution in [2.45, 2.75) is 26.2 Å². The SMILES string of the molecule is CC(C)(C)c1ccc2cc(-c3ccccc3)n(O)c2c1. The fraction of sp³-hybridized carbons (Fsp3) is 0.222. The summed E-state index contributed by atoms with van der Waals surface area (Å²) >= 11 is 0. The van der Waals surface area contributed by atoms with E-state index in [-0.39, 0.29) is 5.41 Å². The van der Waals surface area contributed by atoms with Crippen LogP contribution in [-0.2, 0) is 5.41 Å². The zero-order valence-electron chi connectivity index (χ0n) is 12.1. The van der Waals surface area contributed by atoms with Gasteiger partial charge in [0.25, 0.3) is 0 Å². The smallest absolute Gasteiger partial charge is 0.0878 e. The zero-order valence-corrected chi connectivity index (χ0v) is 12.1. The van der Waals surface area contributed by atoms with Crippen LogP contribution in [0.15, 0.2) is 54.6 Å². The van der Waals surface area contributed by atoms with E-state index < -0.39 is 0 Å². The summed E-state index contributed by atoms with van der Waals surface area (Å²) in [6, 6.07) is 18.3. The molecule has 0 aliphatic rings. The highest BCUT2D eigenvalue weighted by molar-refractivity contribution is 5.87. The van der Waals surface area contributed by atoms with Gasteiger partial charge in [-0.3, -0.25) is 0 Å². The van der Waals surface area contributed by atoms with Gasteiger partial charge in [-0.25, -0.2) is 0 Å². The Kier molecular flexibility index (Phi) is 2.82. The van der Waals surface area contributed by atoms with Crippen molar-refractivity contribution in [1.82, 2.24) is 4.73 Å². The van der Waals surface area contributed by atoms with Gasteiger partial charge in [0.15, 0.2) is 0 Å². The maximum Gasteiger partial charge on any atom is 0.0878 e. The van der Waals surface area contributed by atoms with Gasteiger partial charge in [-0.15, -0.1) is 0 Å². The van der Waals surface area contributed by atoms with Gasteiger partial charge < -0.3 is 5.21 Å². The average molecular weight is 265 g/mol. The van der Waals surface area contributed by atoms with E-state index in [4.69, 9.17) is 0 Å². The van der Waals surface area contributed by atoms with Crippen LogP contribution in [0.2, 0.25) is 0 Å². The molecule has 102 valence electrons. The quantitative estimate of drug-likeness (QED) is 0.625. The second kappa shape index (κ2) is 4.41. The Morgan fingerprint density at radius 3 is 2.25 bits per heavy atom. The molecule has 0 saturated carbocycles. The molecule has 2 aromatic carbocycles. The lowest BCUT2D eigenvalue weighted by Crippen LogP contribution is -2.10. The molecule has 2 heteroatoms. The van der Waals surface area contributed by atoms with E-state index in [1.807, 2.05) is 36.4 Å². The van der Waals surface area contributed by atoms with Crippen molar-refractivity contribution in [2.75, 3.05) is 0 Å². The first-order chi connectivity index (χ1) is 9.47. The third-order valence-corrected chi connectivity index (χ3v) is 3.71. The third-order valence-electron chi connectivity index (χ3n) is 3.71. The minimum Gasteiger partial charge on any atom is -0.428 e. The Morgan fingerprint density at radius 2 is 1.60 bits per heavy atom. The largest absolute Gasteiger partial charge is 0.428 e. The summed E-state index contributed by atoms with van der Waals surface area (Å²) in [7, 11) is 0. The van der Waals surface area contributed by atoms with Crippen LogP contribution in [-0.4, -0.2) is 9.94 Å². The van der Waals surface area contributed by atoms with Crippen molar-refractivity contribution >= 4 is 10.9 Å². The summed E-state index contributed by atoms with van der Waals surface area (Å²) in [5.41, 5.74) is 4.00. The maximum atomic E-state index is 10.4. The number of nitrogens with zero attached hydrogens (tertiary/aromatic N) is 1. The highest BCUT2D eigenvalue weighted by atomic mass is 16.5. The van der Waals surface area contributed by atoms with Gasteiger partial charge in [-0.2, -0.15) is 4.73 Å². The molecular weight excluding hydrogens is 246 g/mol. The van der Waals surface area contributed by atoms with E-state index >= 15 is 0 Å². The van der Waals surface area contributed by atoms with E-state index in [1.54, 1.807) is 0 Å². The van der Waals surface area contributed by atoms with Crippen molar-refractivity contribution in [1.29, 1.82) is 0 Å².